The molecule has 0 bridgehead atoms. The van der Waals surface area contributed by atoms with Gasteiger partial charge in [0.15, 0.2) is 0 Å². The molecule has 2 aliphatic rings. The molecule has 0 aliphatic carbocycles. The molecule has 6 nitrogen and oxygen atoms in total. The van der Waals surface area contributed by atoms with Crippen LogP contribution in [0.15, 0.2) is 47.2 Å². The summed E-state index contributed by atoms with van der Waals surface area (Å²) in [4.78, 5) is 14.1. The summed E-state index contributed by atoms with van der Waals surface area (Å²) in [5, 5.41) is 1.06. The number of ether oxygens (including phenoxy) is 1. The number of anilines is 2. The van der Waals surface area contributed by atoms with E-state index >= 15 is 0 Å². The van der Waals surface area contributed by atoms with Crippen molar-refractivity contribution in [2.45, 2.75) is 25.3 Å². The van der Waals surface area contributed by atoms with Gasteiger partial charge in [-0.3, -0.25) is 4.90 Å². The monoisotopic (exact) mass is 481 g/mol. The second-order valence-electron chi connectivity index (χ2n) is 8.36. The quantitative estimate of drug-likeness (QED) is 0.568. The highest BCUT2D eigenvalue weighted by Gasteiger charge is 2.31. The van der Waals surface area contributed by atoms with Gasteiger partial charge in [-0.2, -0.15) is 0 Å². The van der Waals surface area contributed by atoms with Crippen LogP contribution >= 0.6 is 15.9 Å². The Hall–Kier alpha value is -2.06. The zero-order chi connectivity index (χ0) is 21.2. The minimum Gasteiger partial charge on any atom is -0.379 e. The lowest BCUT2D eigenvalue weighted by Crippen LogP contribution is -2.36. The fourth-order valence-corrected chi connectivity index (χ4v) is 5.13. The lowest BCUT2D eigenvalue weighted by Gasteiger charge is -2.27. The van der Waals surface area contributed by atoms with Crippen LogP contribution in [0.1, 0.15) is 29.9 Å². The normalized spacial score (nSPS) is 19.2. The summed E-state index contributed by atoms with van der Waals surface area (Å²) in [6.45, 7) is 6.42. The summed E-state index contributed by atoms with van der Waals surface area (Å²) in [6.07, 6.45) is 4.03. The topological polar surface area (TPSA) is 67.5 Å². The molecule has 3 aromatic rings. The van der Waals surface area contributed by atoms with E-state index in [1.165, 1.54) is 24.1 Å². The Kier molecular flexibility index (Phi) is 6.18. The molecule has 1 aromatic heterocycles. The summed E-state index contributed by atoms with van der Waals surface area (Å²) in [5.74, 6) is 1.46. The van der Waals surface area contributed by atoms with Gasteiger partial charge in [0.05, 0.1) is 18.7 Å². The van der Waals surface area contributed by atoms with Crippen molar-refractivity contribution >= 4 is 38.3 Å². The van der Waals surface area contributed by atoms with Crippen molar-refractivity contribution in [3.05, 3.63) is 58.3 Å². The number of fused-ring (bicyclic) bond motifs is 2. The van der Waals surface area contributed by atoms with Gasteiger partial charge in [-0.05, 0) is 54.8 Å². The molecule has 1 fully saturated rings. The van der Waals surface area contributed by atoms with Crippen LogP contribution in [0.4, 0.5) is 11.5 Å². The van der Waals surface area contributed by atoms with Crippen LogP contribution < -0.4 is 10.6 Å². The number of rotatable bonds is 6. The fourth-order valence-electron chi connectivity index (χ4n) is 4.78. The van der Waals surface area contributed by atoms with Gasteiger partial charge in [0, 0.05) is 47.6 Å². The number of nitrogens with two attached hydrogens (primary N) is 1. The first-order valence-electron chi connectivity index (χ1n) is 11.0. The Bertz CT molecular complexity index is 1070. The van der Waals surface area contributed by atoms with Crippen molar-refractivity contribution in [2.24, 2.45) is 5.73 Å². The van der Waals surface area contributed by atoms with E-state index in [2.05, 4.69) is 55.0 Å². The first-order valence-corrected chi connectivity index (χ1v) is 11.8. The maximum Gasteiger partial charge on any atom is 0.144 e. The van der Waals surface area contributed by atoms with Crippen LogP contribution in [-0.4, -0.2) is 54.3 Å². The number of hydrogen-bond acceptors (Lipinski definition) is 6. The average Bonchev–Trinajstić information content (AvgIpc) is 3.16. The van der Waals surface area contributed by atoms with Crippen LogP contribution in [0.5, 0.6) is 0 Å². The Balaban J connectivity index is 1.42. The molecule has 0 amide bonds. The molecule has 2 N–H and O–H groups in total. The van der Waals surface area contributed by atoms with E-state index < -0.39 is 0 Å². The SMILES string of the molecule is NCc1ccc2ncnc(N3CC(CCCN4CCOCC4)c4ccc(Br)cc43)c2c1. The van der Waals surface area contributed by atoms with Crippen LogP contribution in [0.3, 0.4) is 0 Å². The molecular formula is C24H28BrN5O. The summed E-state index contributed by atoms with van der Waals surface area (Å²) in [5.41, 5.74) is 10.6. The molecular weight excluding hydrogens is 454 g/mol. The van der Waals surface area contributed by atoms with E-state index in [1.54, 1.807) is 6.33 Å². The summed E-state index contributed by atoms with van der Waals surface area (Å²) < 4.78 is 6.57. The molecule has 3 heterocycles. The Labute approximate surface area is 191 Å². The lowest BCUT2D eigenvalue weighted by atomic mass is 9.96. The maximum atomic E-state index is 5.91. The first kappa shape index (κ1) is 20.8. The van der Waals surface area contributed by atoms with Gasteiger partial charge in [-0.1, -0.05) is 28.1 Å². The highest BCUT2D eigenvalue weighted by Crippen LogP contribution is 2.44. The Morgan fingerprint density at radius 1 is 1.10 bits per heavy atom. The predicted octanol–water partition coefficient (Wildman–Crippen LogP) is 4.20. The number of morpholine rings is 1. The van der Waals surface area contributed by atoms with Crippen LogP contribution in [0.25, 0.3) is 10.9 Å². The van der Waals surface area contributed by atoms with Gasteiger partial charge >= 0.3 is 0 Å². The van der Waals surface area contributed by atoms with E-state index in [4.69, 9.17) is 15.5 Å². The Morgan fingerprint density at radius 3 is 2.81 bits per heavy atom. The second-order valence-corrected chi connectivity index (χ2v) is 9.28. The molecule has 162 valence electrons. The van der Waals surface area contributed by atoms with Gasteiger partial charge in [-0.25, -0.2) is 9.97 Å². The summed E-state index contributed by atoms with van der Waals surface area (Å²) >= 11 is 3.67. The largest absolute Gasteiger partial charge is 0.379 e. The Morgan fingerprint density at radius 2 is 1.97 bits per heavy atom. The van der Waals surface area contributed by atoms with Crippen molar-refractivity contribution in [1.82, 2.24) is 14.9 Å². The highest BCUT2D eigenvalue weighted by atomic mass is 79.9. The summed E-state index contributed by atoms with van der Waals surface area (Å²) in [6, 6.07) is 12.9. The van der Waals surface area contributed by atoms with Crippen LogP contribution in [0, 0.1) is 0 Å². The molecule has 1 unspecified atom stereocenters. The number of nitrogens with zero attached hydrogens (tertiary/aromatic N) is 4. The minimum atomic E-state index is 0.492. The van der Waals surface area contributed by atoms with Crippen molar-refractivity contribution in [2.75, 3.05) is 44.3 Å². The van der Waals surface area contributed by atoms with Gasteiger partial charge in [0.1, 0.15) is 12.1 Å². The molecule has 1 atom stereocenters. The van der Waals surface area contributed by atoms with E-state index in [1.807, 2.05) is 12.1 Å². The lowest BCUT2D eigenvalue weighted by molar-refractivity contribution is 0.0370. The molecule has 0 saturated carbocycles. The van der Waals surface area contributed by atoms with Crippen molar-refractivity contribution in [3.8, 4) is 0 Å². The van der Waals surface area contributed by atoms with Crippen molar-refractivity contribution in [3.63, 3.8) is 0 Å². The maximum absolute atomic E-state index is 5.91. The van der Waals surface area contributed by atoms with E-state index in [9.17, 15) is 0 Å². The van der Waals surface area contributed by atoms with Gasteiger partial charge in [0.2, 0.25) is 0 Å². The number of halogens is 1. The molecule has 0 radical (unpaired) electrons. The molecule has 1 saturated heterocycles. The zero-order valence-corrected chi connectivity index (χ0v) is 19.2. The molecule has 0 spiro atoms. The highest BCUT2D eigenvalue weighted by molar-refractivity contribution is 9.10. The van der Waals surface area contributed by atoms with Crippen LogP contribution in [-0.2, 0) is 11.3 Å². The number of benzene rings is 2. The van der Waals surface area contributed by atoms with E-state index in [0.29, 0.717) is 12.5 Å². The molecule has 2 aliphatic heterocycles. The minimum absolute atomic E-state index is 0.492. The summed E-state index contributed by atoms with van der Waals surface area (Å²) in [7, 11) is 0. The van der Waals surface area contributed by atoms with Crippen LogP contribution in [0.2, 0.25) is 0 Å². The molecule has 2 aromatic carbocycles. The molecule has 31 heavy (non-hydrogen) atoms. The third-order valence-electron chi connectivity index (χ3n) is 6.43. The number of hydrogen-bond donors (Lipinski definition) is 1. The van der Waals surface area contributed by atoms with Crippen molar-refractivity contribution < 1.29 is 4.74 Å². The zero-order valence-electron chi connectivity index (χ0n) is 17.6. The van der Waals surface area contributed by atoms with E-state index in [-0.39, 0.29) is 0 Å². The van der Waals surface area contributed by atoms with Gasteiger partial charge in [0.25, 0.3) is 0 Å². The predicted molar refractivity (Wildman–Crippen MR) is 128 cm³/mol. The molecule has 7 heteroatoms. The standard InChI is InChI=1S/C24H28BrN5O/c25-19-4-5-20-18(2-1-7-29-8-10-31-11-9-29)15-30(23(20)13-19)24-21-12-17(14-26)3-6-22(21)27-16-28-24/h3-6,12-13,16,18H,1-2,7-11,14-15,26H2. The van der Waals surface area contributed by atoms with E-state index in [0.717, 1.165) is 66.1 Å². The molecule has 5 rings (SSSR count). The fraction of sp³-hybridized carbons (Fsp3) is 0.417. The third kappa shape index (κ3) is 4.32. The third-order valence-corrected chi connectivity index (χ3v) is 6.92. The van der Waals surface area contributed by atoms with Gasteiger partial charge < -0.3 is 15.4 Å². The first-order chi connectivity index (χ1) is 15.2. The smallest absolute Gasteiger partial charge is 0.144 e. The number of aromatic nitrogens is 2. The van der Waals surface area contributed by atoms with Crippen molar-refractivity contribution in [1.29, 1.82) is 0 Å². The van der Waals surface area contributed by atoms with Gasteiger partial charge in [-0.15, -0.1) is 0 Å². The average molecular weight is 482 g/mol. The second kappa shape index (κ2) is 9.20.